The van der Waals surface area contributed by atoms with Gasteiger partial charge in [0.05, 0.1) is 19.1 Å². The molecule has 0 aromatic carbocycles. The fraction of sp³-hybridized carbons (Fsp3) is 0.818. The van der Waals surface area contributed by atoms with Crippen molar-refractivity contribution in [2.45, 2.75) is 45.6 Å². The Labute approximate surface area is 96.1 Å². The second-order valence-electron chi connectivity index (χ2n) is 3.73. The van der Waals surface area contributed by atoms with Crippen LogP contribution in [0.2, 0.25) is 0 Å². The molecule has 1 atom stereocenters. The summed E-state index contributed by atoms with van der Waals surface area (Å²) in [6, 6.07) is -0.265. The molecule has 0 saturated carbocycles. The van der Waals surface area contributed by atoms with Gasteiger partial charge in [-0.1, -0.05) is 13.8 Å². The summed E-state index contributed by atoms with van der Waals surface area (Å²) >= 11 is 0. The molecule has 1 unspecified atom stereocenters. The summed E-state index contributed by atoms with van der Waals surface area (Å²) in [5.74, 6) is -1.01. The van der Waals surface area contributed by atoms with Gasteiger partial charge in [0.2, 0.25) is 5.91 Å². The van der Waals surface area contributed by atoms with Crippen molar-refractivity contribution >= 4 is 11.9 Å². The molecule has 0 fully saturated rings. The van der Waals surface area contributed by atoms with Gasteiger partial charge in [-0.15, -0.1) is 0 Å². The Hall–Kier alpha value is -1.10. The standard InChI is InChI=1S/C11H21NO4/c1-3-5-10(14)12(7-6-11(15)16)9(4-2)8-13/h9,13H,3-8H2,1-2H3,(H,15,16). The van der Waals surface area contributed by atoms with Gasteiger partial charge in [-0.05, 0) is 12.8 Å². The van der Waals surface area contributed by atoms with Gasteiger partial charge in [0.25, 0.3) is 0 Å². The van der Waals surface area contributed by atoms with Gasteiger partial charge >= 0.3 is 5.97 Å². The third-order valence-corrected chi connectivity index (χ3v) is 2.47. The van der Waals surface area contributed by atoms with Crippen molar-refractivity contribution in [1.29, 1.82) is 0 Å². The van der Waals surface area contributed by atoms with Crippen LogP contribution in [0.5, 0.6) is 0 Å². The van der Waals surface area contributed by atoms with Crippen molar-refractivity contribution in [3.8, 4) is 0 Å². The lowest BCUT2D eigenvalue weighted by atomic mass is 10.1. The maximum atomic E-state index is 11.7. The van der Waals surface area contributed by atoms with Crippen LogP contribution in [0.4, 0.5) is 0 Å². The van der Waals surface area contributed by atoms with E-state index in [1.807, 2.05) is 13.8 Å². The number of carboxylic acids is 1. The van der Waals surface area contributed by atoms with Crippen LogP contribution in [-0.4, -0.2) is 46.2 Å². The van der Waals surface area contributed by atoms with Crippen LogP contribution in [0.3, 0.4) is 0 Å². The number of rotatable bonds is 8. The van der Waals surface area contributed by atoms with Crippen LogP contribution in [-0.2, 0) is 9.59 Å². The molecule has 2 N–H and O–H groups in total. The Kier molecular flexibility index (Phi) is 7.54. The van der Waals surface area contributed by atoms with Gasteiger partial charge in [-0.25, -0.2) is 0 Å². The average Bonchev–Trinajstić information content (AvgIpc) is 2.24. The number of carboxylic acid groups (broad SMARTS) is 1. The summed E-state index contributed by atoms with van der Waals surface area (Å²) in [6.07, 6.45) is 1.68. The highest BCUT2D eigenvalue weighted by Gasteiger charge is 2.21. The topological polar surface area (TPSA) is 77.8 Å². The molecule has 0 aliphatic rings. The van der Waals surface area contributed by atoms with Crippen molar-refractivity contribution in [1.82, 2.24) is 4.90 Å². The van der Waals surface area contributed by atoms with Gasteiger partial charge in [0.15, 0.2) is 0 Å². The Bertz CT molecular complexity index is 226. The Morgan fingerprint density at radius 3 is 2.25 bits per heavy atom. The Balaban J connectivity index is 4.47. The van der Waals surface area contributed by atoms with E-state index in [0.717, 1.165) is 6.42 Å². The molecule has 1 amide bonds. The van der Waals surface area contributed by atoms with Crippen LogP contribution in [0.25, 0.3) is 0 Å². The number of carbonyl (C=O) groups is 2. The van der Waals surface area contributed by atoms with Crippen LogP contribution in [0.15, 0.2) is 0 Å². The number of aliphatic hydroxyl groups excluding tert-OH is 1. The highest BCUT2D eigenvalue weighted by atomic mass is 16.4. The van der Waals surface area contributed by atoms with E-state index in [0.29, 0.717) is 12.8 Å². The molecule has 0 bridgehead atoms. The minimum absolute atomic E-state index is 0.0774. The van der Waals surface area contributed by atoms with Crippen LogP contribution in [0.1, 0.15) is 39.5 Å². The van der Waals surface area contributed by atoms with Crippen molar-refractivity contribution in [2.75, 3.05) is 13.2 Å². The molecule has 16 heavy (non-hydrogen) atoms. The molecule has 0 radical (unpaired) electrons. The van der Waals surface area contributed by atoms with E-state index in [1.54, 1.807) is 0 Å². The van der Waals surface area contributed by atoms with Gasteiger partial charge < -0.3 is 15.1 Å². The molecule has 0 aromatic heterocycles. The SMILES string of the molecule is CCCC(=O)N(CCC(=O)O)C(CC)CO. The first-order valence-corrected chi connectivity index (χ1v) is 5.68. The summed E-state index contributed by atoms with van der Waals surface area (Å²) in [4.78, 5) is 23.7. The number of nitrogens with zero attached hydrogens (tertiary/aromatic N) is 1. The lowest BCUT2D eigenvalue weighted by Crippen LogP contribution is -2.43. The van der Waals surface area contributed by atoms with Gasteiger partial charge in [0.1, 0.15) is 0 Å². The molecular formula is C11H21NO4. The molecule has 0 aliphatic carbocycles. The zero-order valence-electron chi connectivity index (χ0n) is 9.98. The molecule has 5 heteroatoms. The van der Waals surface area contributed by atoms with Crippen molar-refractivity contribution in [3.05, 3.63) is 0 Å². The van der Waals surface area contributed by atoms with Crippen LogP contribution < -0.4 is 0 Å². The molecule has 0 heterocycles. The molecule has 0 saturated heterocycles. The molecule has 0 aromatic rings. The number of hydrogen-bond acceptors (Lipinski definition) is 3. The Morgan fingerprint density at radius 2 is 1.88 bits per heavy atom. The van der Waals surface area contributed by atoms with Crippen LogP contribution >= 0.6 is 0 Å². The molecular weight excluding hydrogens is 210 g/mol. The monoisotopic (exact) mass is 231 g/mol. The summed E-state index contributed by atoms with van der Waals surface area (Å²) in [5.41, 5.74) is 0. The molecule has 0 spiro atoms. The van der Waals surface area contributed by atoms with E-state index in [4.69, 9.17) is 10.2 Å². The second-order valence-corrected chi connectivity index (χ2v) is 3.73. The number of aliphatic carboxylic acids is 1. The van der Waals surface area contributed by atoms with E-state index in [9.17, 15) is 9.59 Å². The quantitative estimate of drug-likeness (QED) is 0.649. The third-order valence-electron chi connectivity index (χ3n) is 2.47. The first kappa shape index (κ1) is 14.9. The maximum Gasteiger partial charge on any atom is 0.305 e. The smallest absolute Gasteiger partial charge is 0.305 e. The summed E-state index contributed by atoms with van der Waals surface area (Å²) in [7, 11) is 0. The highest BCUT2D eigenvalue weighted by Crippen LogP contribution is 2.08. The normalized spacial score (nSPS) is 12.2. The first-order chi connectivity index (χ1) is 7.56. The van der Waals surface area contributed by atoms with Crippen molar-refractivity contribution in [2.24, 2.45) is 0 Å². The van der Waals surface area contributed by atoms with Crippen molar-refractivity contribution in [3.63, 3.8) is 0 Å². The number of hydrogen-bond donors (Lipinski definition) is 2. The van der Waals surface area contributed by atoms with Crippen molar-refractivity contribution < 1.29 is 19.8 Å². The molecule has 5 nitrogen and oxygen atoms in total. The highest BCUT2D eigenvalue weighted by molar-refractivity contribution is 5.77. The van der Waals surface area contributed by atoms with E-state index < -0.39 is 5.97 Å². The minimum Gasteiger partial charge on any atom is -0.481 e. The molecule has 94 valence electrons. The zero-order valence-corrected chi connectivity index (χ0v) is 9.98. The van der Waals surface area contributed by atoms with Gasteiger partial charge in [0, 0.05) is 13.0 Å². The van der Waals surface area contributed by atoms with E-state index in [2.05, 4.69) is 0 Å². The first-order valence-electron chi connectivity index (χ1n) is 5.68. The number of carbonyl (C=O) groups excluding carboxylic acids is 1. The fourth-order valence-electron chi connectivity index (χ4n) is 1.53. The van der Waals surface area contributed by atoms with E-state index in [1.165, 1.54) is 4.90 Å². The van der Waals surface area contributed by atoms with Crippen LogP contribution in [0, 0.1) is 0 Å². The lowest BCUT2D eigenvalue weighted by molar-refractivity contribution is -0.140. The third kappa shape index (κ3) is 5.11. The second kappa shape index (κ2) is 8.10. The fourth-order valence-corrected chi connectivity index (χ4v) is 1.53. The average molecular weight is 231 g/mol. The molecule has 0 rings (SSSR count). The predicted octanol–water partition coefficient (Wildman–Crippen LogP) is 0.861. The Morgan fingerprint density at radius 1 is 1.25 bits per heavy atom. The summed E-state index contributed by atoms with van der Waals surface area (Å²) in [5, 5.41) is 17.7. The molecule has 0 aliphatic heterocycles. The summed E-state index contributed by atoms with van der Waals surface area (Å²) in [6.45, 7) is 3.82. The zero-order chi connectivity index (χ0) is 12.6. The predicted molar refractivity (Wildman–Crippen MR) is 60.0 cm³/mol. The largest absolute Gasteiger partial charge is 0.481 e. The van der Waals surface area contributed by atoms with Gasteiger partial charge in [-0.3, -0.25) is 9.59 Å². The summed E-state index contributed by atoms with van der Waals surface area (Å²) < 4.78 is 0. The van der Waals surface area contributed by atoms with E-state index >= 15 is 0 Å². The lowest BCUT2D eigenvalue weighted by Gasteiger charge is -2.29. The van der Waals surface area contributed by atoms with Gasteiger partial charge in [-0.2, -0.15) is 0 Å². The number of amides is 1. The minimum atomic E-state index is -0.929. The maximum absolute atomic E-state index is 11.7. The number of aliphatic hydroxyl groups is 1. The van der Waals surface area contributed by atoms with E-state index in [-0.39, 0.29) is 31.5 Å².